The molecule has 0 spiro atoms. The zero-order chi connectivity index (χ0) is 13.1. The quantitative estimate of drug-likeness (QED) is 0.944. The van der Waals surface area contributed by atoms with Crippen molar-refractivity contribution >= 4 is 21.9 Å². The van der Waals surface area contributed by atoms with Crippen molar-refractivity contribution in [3.63, 3.8) is 0 Å². The lowest BCUT2D eigenvalue weighted by Gasteiger charge is -2.06. The zero-order valence-electron chi connectivity index (χ0n) is 10.5. The van der Waals surface area contributed by atoms with E-state index in [1.54, 1.807) is 7.11 Å². The highest BCUT2D eigenvalue weighted by atomic mass is 79.9. The van der Waals surface area contributed by atoms with Gasteiger partial charge >= 0.3 is 0 Å². The molecule has 1 heterocycles. The number of nitrogen functional groups attached to an aromatic ring is 1. The third kappa shape index (κ3) is 2.67. The molecular weight excluding hydrogens is 294 g/mol. The number of methoxy groups -OCH3 is 1. The van der Waals surface area contributed by atoms with Crippen LogP contribution < -0.4 is 10.5 Å². The van der Waals surface area contributed by atoms with E-state index in [9.17, 15) is 0 Å². The molecule has 0 saturated heterocycles. The predicted octanol–water partition coefficient (Wildman–Crippen LogP) is 2.56. The van der Waals surface area contributed by atoms with E-state index >= 15 is 0 Å². The van der Waals surface area contributed by atoms with Crippen LogP contribution in [0.1, 0.15) is 11.3 Å². The highest BCUT2D eigenvalue weighted by Gasteiger charge is 2.10. The zero-order valence-corrected chi connectivity index (χ0v) is 12.1. The van der Waals surface area contributed by atoms with Crippen molar-refractivity contribution in [3.8, 4) is 5.75 Å². The van der Waals surface area contributed by atoms with Gasteiger partial charge in [0.15, 0.2) is 0 Å². The van der Waals surface area contributed by atoms with E-state index in [4.69, 9.17) is 10.5 Å². The Hall–Kier alpha value is -1.49. The molecule has 0 aliphatic carbocycles. The standard InChI is InChI=1S/C13H16BrN3O/c1-17-11(12(14)16-13(17)15)7-6-9-4-3-5-10(8-9)18-2/h3-5,8H,6-7H2,1-2H3,(H2,15,16). The summed E-state index contributed by atoms with van der Waals surface area (Å²) >= 11 is 3.43. The lowest BCUT2D eigenvalue weighted by Crippen LogP contribution is -2.03. The Balaban J connectivity index is 2.11. The van der Waals surface area contributed by atoms with Gasteiger partial charge in [-0.15, -0.1) is 0 Å². The smallest absolute Gasteiger partial charge is 0.201 e. The van der Waals surface area contributed by atoms with E-state index in [1.165, 1.54) is 5.56 Å². The molecule has 0 radical (unpaired) electrons. The summed E-state index contributed by atoms with van der Waals surface area (Å²) in [5.41, 5.74) is 8.10. The number of nitrogens with zero attached hydrogens (tertiary/aromatic N) is 2. The minimum atomic E-state index is 0.530. The molecule has 4 nitrogen and oxygen atoms in total. The average molecular weight is 310 g/mol. The molecule has 0 fully saturated rings. The van der Waals surface area contributed by atoms with Crippen molar-refractivity contribution in [3.05, 3.63) is 40.1 Å². The third-order valence-electron chi connectivity index (χ3n) is 2.98. The first-order valence-corrected chi connectivity index (χ1v) is 6.50. The fourth-order valence-electron chi connectivity index (χ4n) is 1.88. The van der Waals surface area contributed by atoms with Gasteiger partial charge in [0.2, 0.25) is 5.95 Å². The lowest BCUT2D eigenvalue weighted by molar-refractivity contribution is 0.414. The van der Waals surface area contributed by atoms with E-state index < -0.39 is 0 Å². The molecule has 0 aliphatic heterocycles. The van der Waals surface area contributed by atoms with Gasteiger partial charge in [0.1, 0.15) is 10.4 Å². The molecule has 2 N–H and O–H groups in total. The van der Waals surface area contributed by atoms with E-state index in [0.29, 0.717) is 5.95 Å². The molecule has 0 amide bonds. The molecule has 1 aromatic heterocycles. The van der Waals surface area contributed by atoms with Crippen molar-refractivity contribution in [2.45, 2.75) is 12.8 Å². The van der Waals surface area contributed by atoms with Gasteiger partial charge in [-0.05, 0) is 46.5 Å². The monoisotopic (exact) mass is 309 g/mol. The fourth-order valence-corrected chi connectivity index (χ4v) is 2.52. The number of benzene rings is 1. The van der Waals surface area contributed by atoms with E-state index in [2.05, 4.69) is 27.0 Å². The number of aryl methyl sites for hydroxylation is 1. The summed E-state index contributed by atoms with van der Waals surface area (Å²) in [6, 6.07) is 8.09. The molecule has 0 unspecified atom stereocenters. The van der Waals surface area contributed by atoms with Gasteiger partial charge in [0, 0.05) is 7.05 Å². The molecule has 1 aromatic carbocycles. The van der Waals surface area contributed by atoms with Gasteiger partial charge in [-0.1, -0.05) is 12.1 Å². The summed E-state index contributed by atoms with van der Waals surface area (Å²) in [6.07, 6.45) is 1.81. The summed E-state index contributed by atoms with van der Waals surface area (Å²) in [4.78, 5) is 4.19. The van der Waals surface area contributed by atoms with Crippen molar-refractivity contribution in [2.75, 3.05) is 12.8 Å². The number of rotatable bonds is 4. The number of halogens is 1. The maximum Gasteiger partial charge on any atom is 0.201 e. The van der Waals surface area contributed by atoms with Crippen LogP contribution in [0.3, 0.4) is 0 Å². The second-order valence-electron chi connectivity index (χ2n) is 4.12. The van der Waals surface area contributed by atoms with Crippen molar-refractivity contribution < 1.29 is 4.74 Å². The number of anilines is 1. The van der Waals surface area contributed by atoms with Crippen molar-refractivity contribution in [1.82, 2.24) is 9.55 Å². The van der Waals surface area contributed by atoms with E-state index in [1.807, 2.05) is 29.8 Å². The highest BCUT2D eigenvalue weighted by molar-refractivity contribution is 9.10. The average Bonchev–Trinajstić information content (AvgIpc) is 2.61. The molecule has 2 rings (SSSR count). The maximum absolute atomic E-state index is 5.76. The first-order valence-electron chi connectivity index (χ1n) is 5.71. The normalized spacial score (nSPS) is 10.6. The molecule has 0 aliphatic rings. The Morgan fingerprint density at radius 3 is 2.78 bits per heavy atom. The lowest BCUT2D eigenvalue weighted by atomic mass is 10.1. The first-order chi connectivity index (χ1) is 8.61. The van der Waals surface area contributed by atoms with Crippen molar-refractivity contribution in [2.24, 2.45) is 7.05 Å². The van der Waals surface area contributed by atoms with Crippen molar-refractivity contribution in [1.29, 1.82) is 0 Å². The van der Waals surface area contributed by atoms with Gasteiger partial charge in [0.05, 0.1) is 12.8 Å². The Morgan fingerprint density at radius 2 is 2.17 bits per heavy atom. The Bertz CT molecular complexity index is 551. The van der Waals surface area contributed by atoms with Gasteiger partial charge in [-0.2, -0.15) is 0 Å². The fraction of sp³-hybridized carbons (Fsp3) is 0.308. The summed E-state index contributed by atoms with van der Waals surface area (Å²) in [7, 11) is 3.60. The SMILES string of the molecule is COc1cccc(CCc2c(Br)nc(N)n2C)c1. The maximum atomic E-state index is 5.76. The van der Waals surface area contributed by atoms with Crippen LogP contribution in [0.4, 0.5) is 5.95 Å². The molecule has 0 saturated carbocycles. The number of hydrogen-bond donors (Lipinski definition) is 1. The number of hydrogen-bond acceptors (Lipinski definition) is 3. The van der Waals surface area contributed by atoms with E-state index in [-0.39, 0.29) is 0 Å². The third-order valence-corrected chi connectivity index (χ3v) is 3.62. The first kappa shape index (κ1) is 13.0. The molecular formula is C13H16BrN3O. The van der Waals surface area contributed by atoms with Crippen LogP contribution in [-0.4, -0.2) is 16.7 Å². The molecule has 2 aromatic rings. The second kappa shape index (κ2) is 5.44. The summed E-state index contributed by atoms with van der Waals surface area (Å²) in [6.45, 7) is 0. The predicted molar refractivity (Wildman–Crippen MR) is 75.7 cm³/mol. The van der Waals surface area contributed by atoms with Crippen LogP contribution in [0.15, 0.2) is 28.9 Å². The van der Waals surface area contributed by atoms with Crippen LogP contribution in [-0.2, 0) is 19.9 Å². The van der Waals surface area contributed by atoms with Crippen LogP contribution in [0.25, 0.3) is 0 Å². The number of ether oxygens (including phenoxy) is 1. The summed E-state index contributed by atoms with van der Waals surface area (Å²) in [5.74, 6) is 1.42. The molecule has 18 heavy (non-hydrogen) atoms. The number of imidazole rings is 1. The van der Waals surface area contributed by atoms with Crippen LogP contribution in [0, 0.1) is 0 Å². The van der Waals surface area contributed by atoms with Crippen LogP contribution in [0.2, 0.25) is 0 Å². The van der Waals surface area contributed by atoms with Gasteiger partial charge in [0.25, 0.3) is 0 Å². The van der Waals surface area contributed by atoms with Gasteiger partial charge < -0.3 is 15.0 Å². The number of aromatic nitrogens is 2. The Kier molecular flexibility index (Phi) is 3.91. The topological polar surface area (TPSA) is 53.1 Å². The van der Waals surface area contributed by atoms with Crippen LogP contribution in [0.5, 0.6) is 5.75 Å². The Morgan fingerprint density at radius 1 is 1.39 bits per heavy atom. The Labute approximate surface area is 115 Å². The molecule has 0 bridgehead atoms. The van der Waals surface area contributed by atoms with Gasteiger partial charge in [-0.3, -0.25) is 0 Å². The highest BCUT2D eigenvalue weighted by Crippen LogP contribution is 2.21. The summed E-state index contributed by atoms with van der Waals surface area (Å²) in [5, 5.41) is 0. The minimum absolute atomic E-state index is 0.530. The largest absolute Gasteiger partial charge is 0.497 e. The minimum Gasteiger partial charge on any atom is -0.497 e. The molecule has 96 valence electrons. The number of nitrogens with two attached hydrogens (primary N) is 1. The molecule has 0 atom stereocenters. The van der Waals surface area contributed by atoms with Crippen LogP contribution >= 0.6 is 15.9 Å². The molecule has 5 heteroatoms. The van der Waals surface area contributed by atoms with E-state index in [0.717, 1.165) is 28.9 Å². The second-order valence-corrected chi connectivity index (χ2v) is 4.87. The summed E-state index contributed by atoms with van der Waals surface area (Å²) < 4.78 is 7.94. The van der Waals surface area contributed by atoms with Gasteiger partial charge in [-0.25, -0.2) is 4.98 Å².